The van der Waals surface area contributed by atoms with Crippen molar-refractivity contribution in [2.24, 2.45) is 0 Å². The summed E-state index contributed by atoms with van der Waals surface area (Å²) in [4.78, 5) is 26.0. The lowest BCUT2D eigenvalue weighted by atomic mass is 10.1. The van der Waals surface area contributed by atoms with Crippen molar-refractivity contribution in [3.63, 3.8) is 0 Å². The number of nitrogens with zero attached hydrogens (tertiary/aromatic N) is 1. The van der Waals surface area contributed by atoms with Crippen LogP contribution in [0, 0.1) is 0 Å². The lowest BCUT2D eigenvalue weighted by molar-refractivity contribution is -0.111. The first-order chi connectivity index (χ1) is 8.63. The summed E-state index contributed by atoms with van der Waals surface area (Å²) < 4.78 is 0. The third-order valence-corrected chi connectivity index (χ3v) is 3.06. The van der Waals surface area contributed by atoms with Crippen molar-refractivity contribution >= 4 is 23.3 Å². The number of amides is 1. The smallest absolute Gasteiger partial charge is 0.407 e. The van der Waals surface area contributed by atoms with Crippen LogP contribution in [0.1, 0.15) is 5.56 Å². The zero-order chi connectivity index (χ0) is 13.1. The number of hydrogen-bond acceptors (Lipinski definition) is 2. The standard InChI is InChI=1S/C13H14N2O3/c1-15(13(17)18)10(8-16)6-9-7-14-12-5-3-2-4-11(9)12/h2-5,7-8,10,14H,6H2,1H3,(H,17,18). The highest BCUT2D eigenvalue weighted by Gasteiger charge is 2.20. The number of aromatic nitrogens is 1. The Labute approximate surface area is 104 Å². The third kappa shape index (κ3) is 2.20. The number of nitrogens with one attached hydrogen (secondary N) is 1. The normalized spacial score (nSPS) is 12.3. The zero-order valence-electron chi connectivity index (χ0n) is 9.96. The second-order valence-corrected chi connectivity index (χ2v) is 4.16. The summed E-state index contributed by atoms with van der Waals surface area (Å²) in [5, 5.41) is 9.90. The van der Waals surface area contributed by atoms with Crippen LogP contribution >= 0.6 is 0 Å². The molecule has 0 saturated carbocycles. The molecule has 0 aliphatic heterocycles. The van der Waals surface area contributed by atoms with Gasteiger partial charge in [-0.25, -0.2) is 4.79 Å². The predicted octanol–water partition coefficient (Wildman–Crippen LogP) is 1.89. The molecule has 18 heavy (non-hydrogen) atoms. The van der Waals surface area contributed by atoms with Crippen LogP contribution in [-0.2, 0) is 11.2 Å². The fraction of sp³-hybridized carbons (Fsp3) is 0.231. The number of carboxylic acid groups (broad SMARTS) is 1. The molecular weight excluding hydrogens is 232 g/mol. The Morgan fingerprint density at radius 3 is 2.89 bits per heavy atom. The van der Waals surface area contributed by atoms with Gasteiger partial charge in [0.1, 0.15) is 6.29 Å². The maximum atomic E-state index is 11.0. The van der Waals surface area contributed by atoms with E-state index in [1.165, 1.54) is 7.05 Å². The summed E-state index contributed by atoms with van der Waals surface area (Å²) in [7, 11) is 1.40. The predicted molar refractivity (Wildman–Crippen MR) is 67.6 cm³/mol. The number of hydrogen-bond donors (Lipinski definition) is 2. The highest BCUT2D eigenvalue weighted by Crippen LogP contribution is 2.19. The van der Waals surface area contributed by atoms with Gasteiger partial charge in [0.15, 0.2) is 0 Å². The van der Waals surface area contributed by atoms with Gasteiger partial charge in [-0.1, -0.05) is 18.2 Å². The summed E-state index contributed by atoms with van der Waals surface area (Å²) in [6.45, 7) is 0. The fourth-order valence-corrected chi connectivity index (χ4v) is 1.94. The van der Waals surface area contributed by atoms with Gasteiger partial charge in [0, 0.05) is 30.6 Å². The van der Waals surface area contributed by atoms with E-state index in [0.717, 1.165) is 21.4 Å². The van der Waals surface area contributed by atoms with Crippen molar-refractivity contribution in [3.05, 3.63) is 36.0 Å². The van der Waals surface area contributed by atoms with Crippen LogP contribution in [0.4, 0.5) is 4.79 Å². The van der Waals surface area contributed by atoms with E-state index < -0.39 is 12.1 Å². The molecule has 1 aromatic heterocycles. The largest absolute Gasteiger partial charge is 0.465 e. The van der Waals surface area contributed by atoms with Gasteiger partial charge in [-0.3, -0.25) is 0 Å². The Morgan fingerprint density at radius 2 is 2.22 bits per heavy atom. The lowest BCUT2D eigenvalue weighted by Gasteiger charge is -2.20. The number of H-pyrrole nitrogens is 1. The van der Waals surface area contributed by atoms with E-state index in [0.29, 0.717) is 12.7 Å². The molecule has 1 atom stereocenters. The molecule has 94 valence electrons. The Hall–Kier alpha value is -2.30. The summed E-state index contributed by atoms with van der Waals surface area (Å²) >= 11 is 0. The number of rotatable bonds is 4. The van der Waals surface area contributed by atoms with Crippen LogP contribution in [-0.4, -0.2) is 40.5 Å². The Kier molecular flexibility index (Phi) is 3.32. The minimum Gasteiger partial charge on any atom is -0.465 e. The topological polar surface area (TPSA) is 73.4 Å². The number of benzene rings is 1. The van der Waals surface area contributed by atoms with Crippen molar-refractivity contribution in [2.45, 2.75) is 12.5 Å². The molecule has 1 amide bonds. The van der Waals surface area contributed by atoms with E-state index in [9.17, 15) is 9.59 Å². The van der Waals surface area contributed by atoms with Gasteiger partial charge in [-0.15, -0.1) is 0 Å². The zero-order valence-corrected chi connectivity index (χ0v) is 9.96. The summed E-state index contributed by atoms with van der Waals surface area (Å²) in [6, 6.07) is 7.06. The van der Waals surface area contributed by atoms with E-state index in [-0.39, 0.29) is 0 Å². The Morgan fingerprint density at radius 1 is 1.50 bits per heavy atom. The van der Waals surface area contributed by atoms with Crippen molar-refractivity contribution in [1.82, 2.24) is 9.88 Å². The third-order valence-electron chi connectivity index (χ3n) is 3.06. The van der Waals surface area contributed by atoms with Gasteiger partial charge in [0.05, 0.1) is 6.04 Å². The number of aldehydes is 1. The van der Waals surface area contributed by atoms with Crippen molar-refractivity contribution in [2.75, 3.05) is 7.05 Å². The van der Waals surface area contributed by atoms with Gasteiger partial charge >= 0.3 is 6.09 Å². The molecule has 0 spiro atoms. The number of aromatic amines is 1. The van der Waals surface area contributed by atoms with E-state index >= 15 is 0 Å². The average Bonchev–Trinajstić information content (AvgIpc) is 2.78. The van der Waals surface area contributed by atoms with Crippen molar-refractivity contribution in [3.8, 4) is 0 Å². The number of para-hydroxylation sites is 1. The molecule has 5 nitrogen and oxygen atoms in total. The van der Waals surface area contributed by atoms with Crippen LogP contribution in [0.2, 0.25) is 0 Å². The molecule has 2 aromatic rings. The fourth-order valence-electron chi connectivity index (χ4n) is 1.94. The molecule has 1 heterocycles. The van der Waals surface area contributed by atoms with Gasteiger partial charge < -0.3 is 19.8 Å². The molecule has 0 radical (unpaired) electrons. The first kappa shape index (κ1) is 12.2. The highest BCUT2D eigenvalue weighted by atomic mass is 16.4. The van der Waals surface area contributed by atoms with Crippen LogP contribution in [0.15, 0.2) is 30.5 Å². The molecule has 1 aromatic carbocycles. The van der Waals surface area contributed by atoms with Gasteiger partial charge in [0.25, 0.3) is 0 Å². The summed E-state index contributed by atoms with van der Waals surface area (Å²) in [5.74, 6) is 0. The van der Waals surface area contributed by atoms with Gasteiger partial charge in [0.2, 0.25) is 0 Å². The number of likely N-dealkylation sites (N-methyl/N-ethyl adjacent to an activating group) is 1. The number of fused-ring (bicyclic) bond motifs is 1. The van der Waals surface area contributed by atoms with Crippen LogP contribution < -0.4 is 0 Å². The van der Waals surface area contributed by atoms with Crippen molar-refractivity contribution < 1.29 is 14.7 Å². The monoisotopic (exact) mass is 246 g/mol. The van der Waals surface area contributed by atoms with Gasteiger partial charge in [-0.2, -0.15) is 0 Å². The quantitative estimate of drug-likeness (QED) is 0.809. The minimum atomic E-state index is -1.10. The van der Waals surface area contributed by atoms with Crippen molar-refractivity contribution in [1.29, 1.82) is 0 Å². The molecule has 0 fully saturated rings. The number of carbonyl (C=O) groups is 2. The average molecular weight is 246 g/mol. The van der Waals surface area contributed by atoms with E-state index in [4.69, 9.17) is 5.11 Å². The van der Waals surface area contributed by atoms with E-state index in [2.05, 4.69) is 4.98 Å². The SMILES string of the molecule is CN(C(=O)O)C(C=O)Cc1c[nH]c2ccccc12. The van der Waals surface area contributed by atoms with Crippen LogP contribution in [0.3, 0.4) is 0 Å². The second-order valence-electron chi connectivity index (χ2n) is 4.16. The lowest BCUT2D eigenvalue weighted by Crippen LogP contribution is -2.38. The molecule has 0 bridgehead atoms. The molecule has 2 N–H and O–H groups in total. The molecule has 5 heteroatoms. The second kappa shape index (κ2) is 4.91. The first-order valence-corrected chi connectivity index (χ1v) is 5.59. The molecule has 2 rings (SSSR count). The first-order valence-electron chi connectivity index (χ1n) is 5.59. The molecule has 0 saturated heterocycles. The molecular formula is C13H14N2O3. The number of carbonyl (C=O) groups excluding carboxylic acids is 1. The highest BCUT2D eigenvalue weighted by molar-refractivity contribution is 5.83. The molecule has 0 aliphatic rings. The molecule has 1 unspecified atom stereocenters. The summed E-state index contributed by atoms with van der Waals surface area (Å²) in [5.41, 5.74) is 1.92. The Bertz CT molecular complexity index is 576. The maximum absolute atomic E-state index is 11.0. The molecule has 0 aliphatic carbocycles. The van der Waals surface area contributed by atoms with Crippen LogP contribution in [0.25, 0.3) is 10.9 Å². The minimum absolute atomic E-state index is 0.371. The maximum Gasteiger partial charge on any atom is 0.407 e. The summed E-state index contributed by atoms with van der Waals surface area (Å²) in [6.07, 6.45) is 1.75. The van der Waals surface area contributed by atoms with E-state index in [1.807, 2.05) is 30.5 Å². The van der Waals surface area contributed by atoms with Gasteiger partial charge in [-0.05, 0) is 11.6 Å². The van der Waals surface area contributed by atoms with E-state index in [1.54, 1.807) is 0 Å². The Balaban J connectivity index is 2.27. The van der Waals surface area contributed by atoms with Crippen LogP contribution in [0.5, 0.6) is 0 Å².